The van der Waals surface area contributed by atoms with Crippen LogP contribution < -0.4 is 5.32 Å². The van der Waals surface area contributed by atoms with Crippen LogP contribution in [0.5, 0.6) is 0 Å². The van der Waals surface area contributed by atoms with Gasteiger partial charge in [-0.3, -0.25) is 4.79 Å². The number of amides is 1. The summed E-state index contributed by atoms with van der Waals surface area (Å²) in [6.45, 7) is 3.80. The van der Waals surface area contributed by atoms with Crippen molar-refractivity contribution in [3.05, 3.63) is 41.7 Å². The Hall–Kier alpha value is -2.17. The monoisotopic (exact) mass is 293 g/mol. The number of rotatable bonds is 6. The maximum Gasteiger partial charge on any atom is 0.328 e. The van der Waals surface area contributed by atoms with Gasteiger partial charge in [0.2, 0.25) is 5.91 Å². The van der Waals surface area contributed by atoms with Crippen LogP contribution in [0.3, 0.4) is 0 Å². The van der Waals surface area contributed by atoms with Gasteiger partial charge < -0.3 is 10.1 Å². The minimum Gasteiger partial charge on any atom is -0.467 e. The molecule has 1 rings (SSSR count). The van der Waals surface area contributed by atoms with Crippen LogP contribution >= 0.6 is 0 Å². The van der Waals surface area contributed by atoms with Gasteiger partial charge in [0.25, 0.3) is 0 Å². The van der Waals surface area contributed by atoms with E-state index in [4.69, 9.17) is 4.74 Å². The molecule has 1 amide bonds. The van der Waals surface area contributed by atoms with Gasteiger partial charge in [-0.15, -0.1) is 0 Å². The highest BCUT2D eigenvalue weighted by Gasteiger charge is 2.25. The molecule has 0 aliphatic heterocycles. The highest BCUT2D eigenvalue weighted by molar-refractivity contribution is 5.94. The summed E-state index contributed by atoms with van der Waals surface area (Å²) in [5, 5.41) is 2.63. The van der Waals surface area contributed by atoms with Crippen LogP contribution in [0.2, 0.25) is 0 Å². The number of carbonyl (C=O) groups is 2. The van der Waals surface area contributed by atoms with Crippen molar-refractivity contribution in [1.82, 2.24) is 5.32 Å². The molecular weight excluding hydrogens is 273 g/mol. The van der Waals surface area contributed by atoms with E-state index in [0.717, 1.165) is 6.42 Å². The van der Waals surface area contributed by atoms with E-state index < -0.39 is 17.9 Å². The van der Waals surface area contributed by atoms with Crippen molar-refractivity contribution in [3.8, 4) is 0 Å². The zero-order chi connectivity index (χ0) is 15.8. The van der Waals surface area contributed by atoms with Crippen molar-refractivity contribution < 1.29 is 18.7 Å². The highest BCUT2D eigenvalue weighted by atomic mass is 19.1. The van der Waals surface area contributed by atoms with E-state index in [0.29, 0.717) is 5.56 Å². The number of nitrogens with one attached hydrogen (secondary N) is 1. The van der Waals surface area contributed by atoms with Gasteiger partial charge in [0.1, 0.15) is 11.9 Å². The molecule has 0 unspecified atom stereocenters. The summed E-state index contributed by atoms with van der Waals surface area (Å²) in [7, 11) is 1.29. The third kappa shape index (κ3) is 5.38. The SMILES string of the molecule is CC[C@H](C)[C@H](NC(=O)/C=C/c1ccc(F)cc1)C(=O)OC. The second-order valence-electron chi connectivity index (χ2n) is 4.78. The maximum absolute atomic E-state index is 12.8. The second-order valence-corrected chi connectivity index (χ2v) is 4.78. The van der Waals surface area contributed by atoms with Crippen LogP contribution in [0.15, 0.2) is 30.3 Å². The van der Waals surface area contributed by atoms with Crippen LogP contribution in [0.25, 0.3) is 6.08 Å². The van der Waals surface area contributed by atoms with Crippen LogP contribution in [-0.2, 0) is 14.3 Å². The number of methoxy groups -OCH3 is 1. The van der Waals surface area contributed by atoms with Crippen molar-refractivity contribution in [3.63, 3.8) is 0 Å². The molecule has 0 saturated carbocycles. The van der Waals surface area contributed by atoms with Gasteiger partial charge in [0.15, 0.2) is 0 Å². The van der Waals surface area contributed by atoms with Gasteiger partial charge in [-0.05, 0) is 29.7 Å². The Morgan fingerprint density at radius 1 is 1.33 bits per heavy atom. The van der Waals surface area contributed by atoms with Gasteiger partial charge in [-0.1, -0.05) is 32.4 Å². The molecule has 2 atom stereocenters. The zero-order valence-electron chi connectivity index (χ0n) is 12.4. The Kier molecular flexibility index (Phi) is 6.59. The summed E-state index contributed by atoms with van der Waals surface area (Å²) >= 11 is 0. The lowest BCUT2D eigenvalue weighted by Crippen LogP contribution is -2.45. The van der Waals surface area contributed by atoms with Crippen LogP contribution in [-0.4, -0.2) is 25.0 Å². The predicted molar refractivity (Wildman–Crippen MR) is 78.8 cm³/mol. The molecule has 0 bridgehead atoms. The number of hydrogen-bond donors (Lipinski definition) is 1. The first-order valence-electron chi connectivity index (χ1n) is 6.80. The first-order chi connectivity index (χ1) is 9.97. The molecule has 1 aromatic carbocycles. The van der Waals surface area contributed by atoms with E-state index in [9.17, 15) is 14.0 Å². The van der Waals surface area contributed by atoms with Gasteiger partial charge >= 0.3 is 5.97 Å². The molecule has 0 heterocycles. The molecule has 4 nitrogen and oxygen atoms in total. The average molecular weight is 293 g/mol. The van der Waals surface area contributed by atoms with Gasteiger partial charge in [-0.2, -0.15) is 0 Å². The number of carbonyl (C=O) groups excluding carboxylic acids is 2. The molecule has 0 aliphatic carbocycles. The number of ether oxygens (including phenoxy) is 1. The molecule has 0 radical (unpaired) electrons. The fraction of sp³-hybridized carbons (Fsp3) is 0.375. The van der Waals surface area contributed by atoms with Crippen molar-refractivity contribution >= 4 is 18.0 Å². The number of hydrogen-bond acceptors (Lipinski definition) is 3. The lowest BCUT2D eigenvalue weighted by molar-refractivity contribution is -0.146. The molecule has 0 aliphatic rings. The normalized spacial score (nSPS) is 13.7. The van der Waals surface area contributed by atoms with Gasteiger partial charge in [-0.25, -0.2) is 9.18 Å². The smallest absolute Gasteiger partial charge is 0.328 e. The summed E-state index contributed by atoms with van der Waals surface area (Å²) < 4.78 is 17.5. The van der Waals surface area contributed by atoms with E-state index in [1.54, 1.807) is 18.2 Å². The Morgan fingerprint density at radius 2 is 1.95 bits per heavy atom. The van der Waals surface area contributed by atoms with Crippen molar-refractivity contribution in [2.75, 3.05) is 7.11 Å². The van der Waals surface area contributed by atoms with E-state index in [1.807, 2.05) is 13.8 Å². The third-order valence-corrected chi connectivity index (χ3v) is 3.26. The molecule has 5 heteroatoms. The maximum atomic E-state index is 12.8. The number of esters is 1. The fourth-order valence-corrected chi connectivity index (χ4v) is 1.74. The van der Waals surface area contributed by atoms with E-state index >= 15 is 0 Å². The van der Waals surface area contributed by atoms with Gasteiger partial charge in [0.05, 0.1) is 7.11 Å². The van der Waals surface area contributed by atoms with Crippen molar-refractivity contribution in [2.45, 2.75) is 26.3 Å². The molecule has 114 valence electrons. The van der Waals surface area contributed by atoms with E-state index in [2.05, 4.69) is 5.32 Å². The largest absolute Gasteiger partial charge is 0.467 e. The molecule has 1 aromatic rings. The van der Waals surface area contributed by atoms with Crippen LogP contribution in [0.4, 0.5) is 4.39 Å². The standard InChI is InChI=1S/C16H20FNO3/c1-4-11(2)15(16(20)21-3)18-14(19)10-7-12-5-8-13(17)9-6-12/h5-11,15H,4H2,1-3H3,(H,18,19)/b10-7+/t11-,15-/m0/s1. The Morgan fingerprint density at radius 3 is 2.48 bits per heavy atom. The molecule has 0 spiro atoms. The fourth-order valence-electron chi connectivity index (χ4n) is 1.74. The summed E-state index contributed by atoms with van der Waals surface area (Å²) in [5.41, 5.74) is 0.699. The summed E-state index contributed by atoms with van der Waals surface area (Å²) in [6, 6.07) is 5.07. The van der Waals surface area contributed by atoms with Gasteiger partial charge in [0, 0.05) is 6.08 Å². The van der Waals surface area contributed by atoms with Crippen molar-refractivity contribution in [2.24, 2.45) is 5.92 Å². The Balaban J connectivity index is 2.69. The minimum atomic E-state index is -0.676. The third-order valence-electron chi connectivity index (χ3n) is 3.26. The minimum absolute atomic E-state index is 0.0272. The Bertz CT molecular complexity index is 511. The molecular formula is C16H20FNO3. The zero-order valence-corrected chi connectivity index (χ0v) is 12.4. The Labute approximate surface area is 124 Å². The van der Waals surface area contributed by atoms with E-state index in [-0.39, 0.29) is 11.7 Å². The number of halogens is 1. The highest BCUT2D eigenvalue weighted by Crippen LogP contribution is 2.10. The molecule has 1 N–H and O–H groups in total. The second kappa shape index (κ2) is 8.19. The first kappa shape index (κ1) is 16.9. The van der Waals surface area contributed by atoms with Crippen molar-refractivity contribution in [1.29, 1.82) is 0 Å². The number of benzene rings is 1. The lowest BCUT2D eigenvalue weighted by atomic mass is 9.99. The van der Waals surface area contributed by atoms with Crippen LogP contribution in [0, 0.1) is 11.7 Å². The summed E-state index contributed by atoms with van der Waals surface area (Å²) in [4.78, 5) is 23.5. The van der Waals surface area contributed by atoms with Crippen LogP contribution in [0.1, 0.15) is 25.8 Å². The van der Waals surface area contributed by atoms with E-state index in [1.165, 1.54) is 25.3 Å². The molecule has 21 heavy (non-hydrogen) atoms. The topological polar surface area (TPSA) is 55.4 Å². The quantitative estimate of drug-likeness (QED) is 0.648. The first-order valence-corrected chi connectivity index (χ1v) is 6.80. The molecule has 0 fully saturated rings. The molecule has 0 aromatic heterocycles. The average Bonchev–Trinajstić information content (AvgIpc) is 2.50. The lowest BCUT2D eigenvalue weighted by Gasteiger charge is -2.20. The summed E-state index contributed by atoms with van der Waals surface area (Å²) in [5.74, 6) is -1.22. The molecule has 0 saturated heterocycles. The predicted octanol–water partition coefficient (Wildman–Crippen LogP) is 2.54. The summed E-state index contributed by atoms with van der Waals surface area (Å²) in [6.07, 6.45) is 3.60.